The lowest BCUT2D eigenvalue weighted by Crippen LogP contribution is -2.38. The highest BCUT2D eigenvalue weighted by Gasteiger charge is 2.23. The quantitative estimate of drug-likeness (QED) is 0.533. The molecule has 1 fully saturated rings. The molecule has 1 amide bonds. The van der Waals surface area contributed by atoms with Gasteiger partial charge in [-0.05, 0) is 55.2 Å². The van der Waals surface area contributed by atoms with Crippen molar-refractivity contribution < 1.29 is 9.53 Å². The van der Waals surface area contributed by atoms with Gasteiger partial charge in [0.25, 0.3) is 0 Å². The number of aromatic nitrogens is 2. The highest BCUT2D eigenvalue weighted by atomic mass is 32.2. The second kappa shape index (κ2) is 9.75. The third-order valence-corrected chi connectivity index (χ3v) is 6.43. The van der Waals surface area contributed by atoms with Crippen LogP contribution in [-0.2, 0) is 16.1 Å². The molecule has 4 rings (SSSR count). The lowest BCUT2D eigenvalue weighted by atomic mass is 10.1. The first-order valence-corrected chi connectivity index (χ1v) is 11.7. The van der Waals surface area contributed by atoms with Crippen LogP contribution in [0.15, 0.2) is 47.6 Å². The van der Waals surface area contributed by atoms with E-state index in [1.165, 1.54) is 17.3 Å². The summed E-state index contributed by atoms with van der Waals surface area (Å²) < 4.78 is 5.81. The summed E-state index contributed by atoms with van der Waals surface area (Å²) in [7, 11) is 4.05. The van der Waals surface area contributed by atoms with Crippen molar-refractivity contribution in [1.29, 1.82) is 0 Å². The Morgan fingerprint density at radius 1 is 1.23 bits per heavy atom. The summed E-state index contributed by atoms with van der Waals surface area (Å²) >= 11 is 1.46. The van der Waals surface area contributed by atoms with Crippen molar-refractivity contribution in [2.75, 3.05) is 37.9 Å². The zero-order chi connectivity index (χ0) is 21.8. The molecule has 6 nitrogen and oxygen atoms in total. The molecule has 164 valence electrons. The van der Waals surface area contributed by atoms with E-state index < -0.39 is 0 Å². The summed E-state index contributed by atoms with van der Waals surface area (Å²) in [6.07, 6.45) is 2.21. The smallest absolute Gasteiger partial charge is 0.233 e. The second-order valence-electron chi connectivity index (χ2n) is 8.32. The van der Waals surface area contributed by atoms with E-state index in [-0.39, 0.29) is 12.0 Å². The highest BCUT2D eigenvalue weighted by molar-refractivity contribution is 7.99. The molecule has 2 aromatic carbocycles. The largest absolute Gasteiger partial charge is 0.378 e. The molecule has 0 aliphatic carbocycles. The fourth-order valence-corrected chi connectivity index (χ4v) is 4.59. The molecule has 0 spiro atoms. The highest BCUT2D eigenvalue weighted by Crippen LogP contribution is 2.22. The molecule has 0 unspecified atom stereocenters. The van der Waals surface area contributed by atoms with Crippen LogP contribution in [-0.4, -0.2) is 59.9 Å². The minimum atomic E-state index is 0.105. The predicted molar refractivity (Wildman–Crippen MR) is 127 cm³/mol. The maximum atomic E-state index is 13.2. The van der Waals surface area contributed by atoms with Gasteiger partial charge in [-0.1, -0.05) is 30.0 Å². The van der Waals surface area contributed by atoms with Crippen molar-refractivity contribution >= 4 is 34.4 Å². The second-order valence-corrected chi connectivity index (χ2v) is 9.29. The maximum Gasteiger partial charge on any atom is 0.233 e. The Morgan fingerprint density at radius 2 is 2.03 bits per heavy atom. The van der Waals surface area contributed by atoms with Gasteiger partial charge in [0.2, 0.25) is 5.91 Å². The molecule has 1 aromatic heterocycles. The number of amides is 1. The number of nitrogens with one attached hydrogen (secondary N) is 1. The van der Waals surface area contributed by atoms with E-state index >= 15 is 0 Å². The minimum Gasteiger partial charge on any atom is -0.378 e. The lowest BCUT2D eigenvalue weighted by molar-refractivity contribution is -0.130. The van der Waals surface area contributed by atoms with Gasteiger partial charge in [-0.15, -0.1) is 0 Å². The fraction of sp³-hybridized carbons (Fsp3) is 0.417. The Labute approximate surface area is 188 Å². The van der Waals surface area contributed by atoms with E-state index in [1.807, 2.05) is 31.1 Å². The van der Waals surface area contributed by atoms with Crippen LogP contribution in [0.2, 0.25) is 0 Å². The fourth-order valence-electron chi connectivity index (χ4n) is 3.80. The number of H-pyrrole nitrogens is 1. The number of imidazole rings is 1. The van der Waals surface area contributed by atoms with E-state index in [0.717, 1.165) is 46.9 Å². The summed E-state index contributed by atoms with van der Waals surface area (Å²) in [5.74, 6) is 0.454. The lowest BCUT2D eigenvalue weighted by Gasteiger charge is -2.26. The number of benzene rings is 2. The van der Waals surface area contributed by atoms with Crippen LogP contribution < -0.4 is 4.90 Å². The summed E-state index contributed by atoms with van der Waals surface area (Å²) in [5.41, 5.74) is 5.40. The number of nitrogens with zero attached hydrogens (tertiary/aromatic N) is 3. The maximum absolute atomic E-state index is 13.2. The van der Waals surface area contributed by atoms with Crippen molar-refractivity contribution in [1.82, 2.24) is 14.9 Å². The molecular weight excluding hydrogens is 408 g/mol. The normalized spacial score (nSPS) is 16.0. The van der Waals surface area contributed by atoms with Gasteiger partial charge in [0.05, 0.1) is 22.9 Å². The standard InChI is InChI=1S/C24H30N4O2S/c1-17-6-11-21-22(13-17)26-24(25-21)31-16-23(29)28(15-20-5-4-12-30-20)14-18-7-9-19(10-8-18)27(2)3/h6-11,13,20H,4-5,12,14-16H2,1-3H3,(H,25,26)/t20-/m1/s1. The third-order valence-electron chi connectivity index (χ3n) is 5.57. The van der Waals surface area contributed by atoms with Gasteiger partial charge in [-0.25, -0.2) is 4.98 Å². The Hall–Kier alpha value is -2.51. The van der Waals surface area contributed by atoms with Gasteiger partial charge in [0, 0.05) is 39.5 Å². The minimum absolute atomic E-state index is 0.105. The number of fused-ring (bicyclic) bond motifs is 1. The van der Waals surface area contributed by atoms with Crippen molar-refractivity contribution in [3.63, 3.8) is 0 Å². The number of rotatable bonds is 8. The molecule has 1 atom stereocenters. The van der Waals surface area contributed by atoms with Crippen LogP contribution >= 0.6 is 11.8 Å². The molecular formula is C24H30N4O2S. The summed E-state index contributed by atoms with van der Waals surface area (Å²) in [5, 5.41) is 0.779. The van der Waals surface area contributed by atoms with Crippen LogP contribution in [0.5, 0.6) is 0 Å². The molecule has 1 aliphatic rings. The van der Waals surface area contributed by atoms with E-state index in [0.29, 0.717) is 18.8 Å². The molecule has 0 bridgehead atoms. The zero-order valence-corrected chi connectivity index (χ0v) is 19.2. The number of aryl methyl sites for hydroxylation is 1. The number of anilines is 1. The molecule has 1 saturated heterocycles. The van der Waals surface area contributed by atoms with Crippen LogP contribution in [0, 0.1) is 6.92 Å². The van der Waals surface area contributed by atoms with E-state index in [1.54, 1.807) is 0 Å². The van der Waals surface area contributed by atoms with Gasteiger partial charge in [-0.3, -0.25) is 4.79 Å². The number of aromatic amines is 1. The average Bonchev–Trinajstić information content (AvgIpc) is 3.41. The van der Waals surface area contributed by atoms with E-state index in [2.05, 4.69) is 52.1 Å². The Morgan fingerprint density at radius 3 is 2.74 bits per heavy atom. The van der Waals surface area contributed by atoms with Crippen molar-refractivity contribution in [2.45, 2.75) is 37.6 Å². The van der Waals surface area contributed by atoms with Crippen LogP contribution in [0.1, 0.15) is 24.0 Å². The summed E-state index contributed by atoms with van der Waals surface area (Å²) in [6, 6.07) is 14.5. The van der Waals surface area contributed by atoms with Crippen molar-refractivity contribution in [3.8, 4) is 0 Å². The van der Waals surface area contributed by atoms with Gasteiger partial charge in [0.15, 0.2) is 5.16 Å². The van der Waals surface area contributed by atoms with Crippen molar-refractivity contribution in [3.05, 3.63) is 53.6 Å². The van der Waals surface area contributed by atoms with Crippen molar-refractivity contribution in [2.24, 2.45) is 0 Å². The molecule has 7 heteroatoms. The number of hydrogen-bond donors (Lipinski definition) is 1. The summed E-state index contributed by atoms with van der Waals surface area (Å²) in [6.45, 7) is 4.07. The molecule has 2 heterocycles. The molecule has 31 heavy (non-hydrogen) atoms. The Kier molecular flexibility index (Phi) is 6.83. The van der Waals surface area contributed by atoms with Gasteiger partial charge in [-0.2, -0.15) is 0 Å². The SMILES string of the molecule is Cc1ccc2nc(SCC(=O)N(Cc3ccc(N(C)C)cc3)C[C@H]3CCCO3)[nH]c2c1. The van der Waals surface area contributed by atoms with Crippen LogP contribution in [0.25, 0.3) is 11.0 Å². The average molecular weight is 439 g/mol. The molecule has 1 aliphatic heterocycles. The third kappa shape index (κ3) is 5.60. The Bertz CT molecular complexity index is 1030. The predicted octanol–water partition coefficient (Wildman–Crippen LogP) is 4.24. The van der Waals surface area contributed by atoms with Gasteiger partial charge >= 0.3 is 0 Å². The molecule has 1 N–H and O–H groups in total. The van der Waals surface area contributed by atoms with E-state index in [9.17, 15) is 4.79 Å². The van der Waals surface area contributed by atoms with E-state index in [4.69, 9.17) is 4.74 Å². The van der Waals surface area contributed by atoms with Gasteiger partial charge < -0.3 is 19.5 Å². The number of carbonyl (C=O) groups excluding carboxylic acids is 1. The first-order valence-electron chi connectivity index (χ1n) is 10.7. The molecule has 0 radical (unpaired) electrons. The topological polar surface area (TPSA) is 61.5 Å². The molecule has 3 aromatic rings. The van der Waals surface area contributed by atoms with Crippen LogP contribution in [0.3, 0.4) is 0 Å². The number of hydrogen-bond acceptors (Lipinski definition) is 5. The number of ether oxygens (including phenoxy) is 1. The monoisotopic (exact) mass is 438 g/mol. The van der Waals surface area contributed by atoms with Gasteiger partial charge in [0.1, 0.15) is 0 Å². The first-order chi connectivity index (χ1) is 15.0. The summed E-state index contributed by atoms with van der Waals surface area (Å²) in [4.78, 5) is 25.1. The number of thioether (sulfide) groups is 1. The van der Waals surface area contributed by atoms with Crippen LogP contribution in [0.4, 0.5) is 5.69 Å². The molecule has 0 saturated carbocycles. The number of carbonyl (C=O) groups is 1. The first kappa shape index (κ1) is 21.7. The zero-order valence-electron chi connectivity index (χ0n) is 18.4. The Balaban J connectivity index is 1.43.